The van der Waals surface area contributed by atoms with Gasteiger partial charge in [-0.1, -0.05) is 20.8 Å². The van der Waals surface area contributed by atoms with Crippen molar-refractivity contribution in [2.75, 3.05) is 39.8 Å². The van der Waals surface area contributed by atoms with Gasteiger partial charge >= 0.3 is 0 Å². The van der Waals surface area contributed by atoms with Gasteiger partial charge in [-0.25, -0.2) is 13.1 Å². The van der Waals surface area contributed by atoms with Gasteiger partial charge in [0.1, 0.15) is 4.21 Å². The van der Waals surface area contributed by atoms with E-state index >= 15 is 0 Å². The van der Waals surface area contributed by atoms with Crippen LogP contribution >= 0.6 is 11.3 Å². The summed E-state index contributed by atoms with van der Waals surface area (Å²) in [5, 5.41) is 0. The largest absolute Gasteiger partial charge is 0.304 e. The summed E-state index contributed by atoms with van der Waals surface area (Å²) in [4.78, 5) is 5.83. The van der Waals surface area contributed by atoms with Crippen molar-refractivity contribution >= 4 is 21.4 Å². The summed E-state index contributed by atoms with van der Waals surface area (Å²) < 4.78 is 28.2. The summed E-state index contributed by atoms with van der Waals surface area (Å²) in [6.45, 7) is 10.9. The quantitative estimate of drug-likeness (QED) is 0.807. The Morgan fingerprint density at radius 3 is 2.39 bits per heavy atom. The van der Waals surface area contributed by atoms with E-state index in [-0.39, 0.29) is 6.04 Å². The highest BCUT2D eigenvalue weighted by Crippen LogP contribution is 2.22. The van der Waals surface area contributed by atoms with Gasteiger partial charge in [0.05, 0.1) is 0 Å². The van der Waals surface area contributed by atoms with Gasteiger partial charge in [0.2, 0.25) is 10.0 Å². The fraction of sp³-hybridized carbons (Fsp3) is 0.750. The molecule has 5 nitrogen and oxygen atoms in total. The Balaban J connectivity index is 2.00. The minimum absolute atomic E-state index is 0.240. The molecular formula is C16H29N3O2S2. The molecular weight excluding hydrogens is 330 g/mol. The number of sulfonamides is 1. The Hall–Kier alpha value is -0.470. The molecule has 0 bridgehead atoms. The molecule has 0 amide bonds. The van der Waals surface area contributed by atoms with Crippen molar-refractivity contribution in [3.8, 4) is 0 Å². The number of rotatable bonds is 7. The molecule has 1 saturated heterocycles. The van der Waals surface area contributed by atoms with Crippen molar-refractivity contribution in [1.29, 1.82) is 0 Å². The predicted octanol–water partition coefficient (Wildman–Crippen LogP) is 1.86. The lowest BCUT2D eigenvalue weighted by molar-refractivity contribution is 0.0905. The Kier molecular flexibility index (Phi) is 6.62. The maximum atomic E-state index is 12.5. The maximum absolute atomic E-state index is 12.5. The van der Waals surface area contributed by atoms with Gasteiger partial charge in [-0.2, -0.15) is 0 Å². The van der Waals surface area contributed by atoms with Crippen LogP contribution in [0.25, 0.3) is 0 Å². The van der Waals surface area contributed by atoms with Crippen molar-refractivity contribution in [1.82, 2.24) is 14.5 Å². The average Bonchev–Trinajstić information content (AvgIpc) is 2.98. The highest BCUT2D eigenvalue weighted by molar-refractivity contribution is 7.91. The van der Waals surface area contributed by atoms with Crippen molar-refractivity contribution in [3.05, 3.63) is 17.0 Å². The van der Waals surface area contributed by atoms with E-state index in [0.29, 0.717) is 16.7 Å². The molecule has 2 heterocycles. The first-order valence-corrected chi connectivity index (χ1v) is 10.6. The van der Waals surface area contributed by atoms with Gasteiger partial charge in [-0.05, 0) is 31.5 Å². The number of nitrogens with zero attached hydrogens (tertiary/aromatic N) is 2. The third-order valence-corrected chi connectivity index (χ3v) is 7.65. The third-order valence-electron chi connectivity index (χ3n) is 4.51. The number of piperazine rings is 1. The van der Waals surface area contributed by atoms with E-state index < -0.39 is 10.0 Å². The highest BCUT2D eigenvalue weighted by atomic mass is 32.2. The fourth-order valence-electron chi connectivity index (χ4n) is 2.90. The van der Waals surface area contributed by atoms with E-state index in [2.05, 4.69) is 35.4 Å². The summed E-state index contributed by atoms with van der Waals surface area (Å²) in [5.74, 6) is 0.413. The molecule has 1 fully saturated rings. The van der Waals surface area contributed by atoms with Crippen molar-refractivity contribution < 1.29 is 8.42 Å². The first-order chi connectivity index (χ1) is 10.8. The van der Waals surface area contributed by atoms with Crippen LogP contribution in [0.4, 0.5) is 0 Å². The van der Waals surface area contributed by atoms with Crippen LogP contribution in [0, 0.1) is 5.92 Å². The maximum Gasteiger partial charge on any atom is 0.250 e. The molecule has 0 radical (unpaired) electrons. The van der Waals surface area contributed by atoms with Crippen LogP contribution in [0.5, 0.6) is 0 Å². The van der Waals surface area contributed by atoms with Gasteiger partial charge in [-0.3, -0.25) is 4.90 Å². The van der Waals surface area contributed by atoms with E-state index in [1.807, 2.05) is 13.0 Å². The number of thiophene rings is 1. The molecule has 1 aliphatic rings. The molecule has 2 rings (SSSR count). The highest BCUT2D eigenvalue weighted by Gasteiger charge is 2.27. The Morgan fingerprint density at radius 2 is 1.87 bits per heavy atom. The van der Waals surface area contributed by atoms with Crippen LogP contribution in [0.15, 0.2) is 16.3 Å². The van der Waals surface area contributed by atoms with Gasteiger partial charge in [-0.15, -0.1) is 11.3 Å². The Labute approximate surface area is 144 Å². The van der Waals surface area contributed by atoms with Crippen LogP contribution in [0.2, 0.25) is 0 Å². The SMILES string of the molecule is CCc1ccc(S(=O)(=O)NC[C@H](C(C)C)N2CCN(C)CC2)s1. The smallest absolute Gasteiger partial charge is 0.250 e. The lowest BCUT2D eigenvalue weighted by Gasteiger charge is -2.39. The lowest BCUT2D eigenvalue weighted by Crippen LogP contribution is -2.54. The molecule has 1 aromatic rings. The zero-order valence-corrected chi connectivity index (χ0v) is 16.2. The second kappa shape index (κ2) is 8.07. The predicted molar refractivity (Wildman–Crippen MR) is 96.6 cm³/mol. The van der Waals surface area contributed by atoms with E-state index in [0.717, 1.165) is 37.5 Å². The number of hydrogen-bond acceptors (Lipinski definition) is 5. The summed E-state index contributed by atoms with van der Waals surface area (Å²) in [7, 11) is -1.26. The van der Waals surface area contributed by atoms with Gasteiger partial charge in [0.15, 0.2) is 0 Å². The number of hydrogen-bond donors (Lipinski definition) is 1. The van der Waals surface area contributed by atoms with Crippen LogP contribution in [0.3, 0.4) is 0 Å². The molecule has 1 N–H and O–H groups in total. The van der Waals surface area contributed by atoms with Crippen LogP contribution in [-0.2, 0) is 16.4 Å². The lowest BCUT2D eigenvalue weighted by atomic mass is 10.0. The van der Waals surface area contributed by atoms with E-state index in [4.69, 9.17) is 0 Å². The van der Waals surface area contributed by atoms with E-state index in [1.54, 1.807) is 6.07 Å². The molecule has 1 aliphatic heterocycles. The second-order valence-electron chi connectivity index (χ2n) is 6.58. The summed E-state index contributed by atoms with van der Waals surface area (Å²) in [6, 6.07) is 3.86. The molecule has 132 valence electrons. The monoisotopic (exact) mass is 359 g/mol. The first kappa shape index (κ1) is 18.9. The molecule has 7 heteroatoms. The minimum atomic E-state index is -3.40. The van der Waals surface area contributed by atoms with Crippen LogP contribution in [-0.4, -0.2) is 64.0 Å². The topological polar surface area (TPSA) is 52.7 Å². The number of likely N-dealkylation sites (N-methyl/N-ethyl adjacent to an activating group) is 1. The molecule has 0 aromatic carbocycles. The van der Waals surface area contributed by atoms with Crippen LogP contribution < -0.4 is 4.72 Å². The van der Waals surface area contributed by atoms with Gasteiger partial charge in [0.25, 0.3) is 0 Å². The minimum Gasteiger partial charge on any atom is -0.304 e. The normalized spacial score (nSPS) is 19.3. The third kappa shape index (κ3) is 5.00. The summed E-state index contributed by atoms with van der Waals surface area (Å²) in [5.41, 5.74) is 0. The Bertz CT molecular complexity index is 590. The van der Waals surface area contributed by atoms with Gasteiger partial charge in [0, 0.05) is 43.6 Å². The summed E-state index contributed by atoms with van der Waals surface area (Å²) >= 11 is 1.37. The first-order valence-electron chi connectivity index (χ1n) is 8.34. The van der Waals surface area contributed by atoms with Gasteiger partial charge < -0.3 is 4.90 Å². The molecule has 1 atom stereocenters. The standard InChI is InChI=1S/C16H29N3O2S2/c1-5-14-6-7-16(22-14)23(20,21)17-12-15(13(2)3)19-10-8-18(4)9-11-19/h6-7,13,15,17H,5,8-12H2,1-4H3/t15-/m1/s1. The summed E-state index contributed by atoms with van der Waals surface area (Å²) in [6.07, 6.45) is 0.871. The molecule has 1 aromatic heterocycles. The molecule has 0 aliphatic carbocycles. The van der Waals surface area contributed by atoms with E-state index in [9.17, 15) is 8.42 Å². The van der Waals surface area contributed by atoms with Crippen LogP contribution in [0.1, 0.15) is 25.6 Å². The molecule has 0 unspecified atom stereocenters. The second-order valence-corrected chi connectivity index (χ2v) is 9.74. The zero-order chi connectivity index (χ0) is 17.0. The van der Waals surface area contributed by atoms with Crippen molar-refractivity contribution in [3.63, 3.8) is 0 Å². The molecule has 23 heavy (non-hydrogen) atoms. The zero-order valence-electron chi connectivity index (χ0n) is 14.6. The van der Waals surface area contributed by atoms with E-state index in [1.165, 1.54) is 11.3 Å². The number of nitrogens with one attached hydrogen (secondary N) is 1. The Morgan fingerprint density at radius 1 is 1.22 bits per heavy atom. The molecule has 0 spiro atoms. The fourth-order valence-corrected chi connectivity index (χ4v) is 5.29. The molecule has 0 saturated carbocycles. The average molecular weight is 360 g/mol. The number of aryl methyl sites for hydroxylation is 1. The van der Waals surface area contributed by atoms with Crippen molar-refractivity contribution in [2.24, 2.45) is 5.92 Å². The van der Waals surface area contributed by atoms with Crippen molar-refractivity contribution in [2.45, 2.75) is 37.4 Å².